The van der Waals surface area contributed by atoms with Crippen LogP contribution in [-0.4, -0.2) is 16.8 Å². The number of carbonyl (C=O) groups is 2. The molecule has 1 aliphatic carbocycles. The summed E-state index contributed by atoms with van der Waals surface area (Å²) in [7, 11) is 0. The van der Waals surface area contributed by atoms with Crippen molar-refractivity contribution in [2.24, 2.45) is 5.92 Å². The first-order valence-electron chi connectivity index (χ1n) is 12.8. The Morgan fingerprint density at radius 2 is 1.69 bits per heavy atom. The van der Waals surface area contributed by atoms with Crippen LogP contribution in [0.15, 0.2) is 83.1 Å². The van der Waals surface area contributed by atoms with Crippen molar-refractivity contribution in [3.63, 3.8) is 0 Å². The predicted molar refractivity (Wildman–Crippen MR) is 163 cm³/mol. The van der Waals surface area contributed by atoms with Crippen molar-refractivity contribution in [1.82, 2.24) is 4.98 Å². The number of halogens is 2. The van der Waals surface area contributed by atoms with Gasteiger partial charge in [-0.15, -0.1) is 23.1 Å². The van der Waals surface area contributed by atoms with Gasteiger partial charge in [-0.1, -0.05) is 84.9 Å². The van der Waals surface area contributed by atoms with E-state index in [9.17, 15) is 9.59 Å². The fourth-order valence-electron chi connectivity index (χ4n) is 4.58. The highest BCUT2D eigenvalue weighted by molar-refractivity contribution is 8.00. The van der Waals surface area contributed by atoms with E-state index in [2.05, 4.69) is 15.6 Å². The highest BCUT2D eigenvalue weighted by Crippen LogP contribution is 2.38. The molecule has 0 saturated heterocycles. The number of thiazole rings is 1. The Hall–Kier alpha value is -2.84. The molecule has 9 heteroatoms. The number of nitrogens with one attached hydrogen (secondary N) is 2. The van der Waals surface area contributed by atoms with Crippen LogP contribution in [0.3, 0.4) is 0 Å². The quantitative estimate of drug-likeness (QED) is 0.199. The molecular weight excluding hydrogens is 569 g/mol. The van der Waals surface area contributed by atoms with E-state index >= 15 is 0 Å². The first-order chi connectivity index (χ1) is 19.0. The van der Waals surface area contributed by atoms with Gasteiger partial charge >= 0.3 is 0 Å². The summed E-state index contributed by atoms with van der Waals surface area (Å²) in [6.07, 6.45) is 5.31. The number of aromatic nitrogens is 1. The molecule has 39 heavy (non-hydrogen) atoms. The van der Waals surface area contributed by atoms with E-state index in [4.69, 9.17) is 23.2 Å². The second-order valence-electron chi connectivity index (χ2n) is 9.42. The van der Waals surface area contributed by atoms with Crippen molar-refractivity contribution in [3.8, 4) is 11.3 Å². The molecule has 1 aromatic heterocycles. The van der Waals surface area contributed by atoms with E-state index in [1.165, 1.54) is 29.5 Å². The zero-order valence-corrected chi connectivity index (χ0v) is 24.2. The SMILES string of the molecule is O=C(Nc1cccc(SC(C(=O)Nc2nc(-c3ccc(Cl)c(Cl)c3)cs2)c2ccccc2)c1)C1CCCCC1. The normalized spacial score (nSPS) is 14.5. The Bertz CT molecular complexity index is 1460. The Kier molecular flexibility index (Phi) is 9.24. The van der Waals surface area contributed by atoms with E-state index in [1.54, 1.807) is 12.1 Å². The highest BCUT2D eigenvalue weighted by atomic mass is 35.5. The molecule has 0 aliphatic heterocycles. The van der Waals surface area contributed by atoms with Gasteiger partial charge in [0.25, 0.3) is 0 Å². The molecule has 4 aromatic rings. The summed E-state index contributed by atoms with van der Waals surface area (Å²) in [5.74, 6) is -0.0291. The van der Waals surface area contributed by atoms with Crippen LogP contribution in [0.4, 0.5) is 10.8 Å². The van der Waals surface area contributed by atoms with Gasteiger partial charge in [0.05, 0.1) is 15.7 Å². The van der Waals surface area contributed by atoms with Gasteiger partial charge in [-0.2, -0.15) is 0 Å². The third kappa shape index (κ3) is 7.22. The van der Waals surface area contributed by atoms with Crippen LogP contribution >= 0.6 is 46.3 Å². The number of amides is 2. The van der Waals surface area contributed by atoms with Crippen LogP contribution in [0.25, 0.3) is 11.3 Å². The number of thioether (sulfide) groups is 1. The maximum atomic E-state index is 13.6. The predicted octanol–water partition coefficient (Wildman–Crippen LogP) is 9.11. The third-order valence-corrected chi connectivity index (χ3v) is 9.37. The lowest BCUT2D eigenvalue weighted by Crippen LogP contribution is -2.24. The molecule has 2 amide bonds. The Labute approximate surface area is 246 Å². The van der Waals surface area contributed by atoms with Crippen molar-refractivity contribution in [2.75, 3.05) is 10.6 Å². The van der Waals surface area contributed by atoms with Crippen LogP contribution in [0.5, 0.6) is 0 Å². The molecule has 1 heterocycles. The van der Waals surface area contributed by atoms with Crippen LogP contribution in [0.1, 0.15) is 42.9 Å². The van der Waals surface area contributed by atoms with Crippen molar-refractivity contribution in [3.05, 3.63) is 93.8 Å². The molecule has 3 aromatic carbocycles. The smallest absolute Gasteiger partial charge is 0.244 e. The van der Waals surface area contributed by atoms with E-state index in [-0.39, 0.29) is 17.7 Å². The zero-order chi connectivity index (χ0) is 27.2. The van der Waals surface area contributed by atoms with Crippen molar-refractivity contribution in [1.29, 1.82) is 0 Å². The summed E-state index contributed by atoms with van der Waals surface area (Å²) in [4.78, 5) is 31.8. The number of carbonyl (C=O) groups excluding carboxylic acids is 2. The second kappa shape index (κ2) is 13.0. The van der Waals surface area contributed by atoms with E-state index < -0.39 is 5.25 Å². The van der Waals surface area contributed by atoms with E-state index in [0.29, 0.717) is 20.9 Å². The lowest BCUT2D eigenvalue weighted by Gasteiger charge is -2.21. The minimum Gasteiger partial charge on any atom is -0.326 e. The molecule has 5 nitrogen and oxygen atoms in total. The summed E-state index contributed by atoms with van der Waals surface area (Å²) in [5, 5.41) is 8.84. The van der Waals surface area contributed by atoms with Gasteiger partial charge in [-0.3, -0.25) is 9.59 Å². The van der Waals surface area contributed by atoms with Gasteiger partial charge in [0, 0.05) is 27.4 Å². The molecule has 2 N–H and O–H groups in total. The van der Waals surface area contributed by atoms with E-state index in [0.717, 1.165) is 47.4 Å². The number of hydrogen-bond acceptors (Lipinski definition) is 5. The summed E-state index contributed by atoms with van der Waals surface area (Å²) in [5.41, 5.74) is 3.15. The molecule has 1 atom stereocenters. The van der Waals surface area contributed by atoms with Gasteiger partial charge in [0.2, 0.25) is 11.8 Å². The number of hydrogen-bond donors (Lipinski definition) is 2. The zero-order valence-electron chi connectivity index (χ0n) is 21.0. The number of anilines is 2. The lowest BCUT2D eigenvalue weighted by atomic mass is 9.88. The van der Waals surface area contributed by atoms with Gasteiger partial charge in [-0.05, 0) is 48.7 Å². The lowest BCUT2D eigenvalue weighted by molar-refractivity contribution is -0.120. The Morgan fingerprint density at radius 1 is 0.897 bits per heavy atom. The molecule has 1 unspecified atom stereocenters. The Morgan fingerprint density at radius 3 is 2.46 bits per heavy atom. The molecule has 1 aliphatic rings. The number of nitrogens with zero attached hydrogens (tertiary/aromatic N) is 1. The van der Waals surface area contributed by atoms with Crippen molar-refractivity contribution in [2.45, 2.75) is 42.2 Å². The highest BCUT2D eigenvalue weighted by Gasteiger charge is 2.24. The van der Waals surface area contributed by atoms with Crippen LogP contribution in [0.2, 0.25) is 10.0 Å². The number of rotatable bonds is 8. The number of benzene rings is 3. The summed E-state index contributed by atoms with van der Waals surface area (Å²) < 4.78 is 0. The van der Waals surface area contributed by atoms with Crippen LogP contribution in [-0.2, 0) is 9.59 Å². The second-order valence-corrected chi connectivity index (χ2v) is 12.3. The molecule has 1 saturated carbocycles. The average molecular weight is 597 g/mol. The van der Waals surface area contributed by atoms with Crippen LogP contribution in [0, 0.1) is 5.92 Å². The van der Waals surface area contributed by atoms with Gasteiger partial charge in [0.15, 0.2) is 5.13 Å². The summed E-state index contributed by atoms with van der Waals surface area (Å²) in [6, 6.07) is 22.7. The summed E-state index contributed by atoms with van der Waals surface area (Å²) in [6.45, 7) is 0. The van der Waals surface area contributed by atoms with Crippen molar-refractivity contribution < 1.29 is 9.59 Å². The largest absolute Gasteiger partial charge is 0.326 e. The molecule has 0 spiro atoms. The van der Waals surface area contributed by atoms with Crippen molar-refractivity contribution >= 4 is 68.9 Å². The Balaban J connectivity index is 1.31. The maximum absolute atomic E-state index is 13.6. The molecule has 0 bridgehead atoms. The maximum Gasteiger partial charge on any atom is 0.244 e. The molecule has 5 rings (SSSR count). The fourth-order valence-corrected chi connectivity index (χ4v) is 6.69. The van der Waals surface area contributed by atoms with Gasteiger partial charge < -0.3 is 10.6 Å². The monoisotopic (exact) mass is 595 g/mol. The van der Waals surface area contributed by atoms with Gasteiger partial charge in [0.1, 0.15) is 5.25 Å². The molecule has 200 valence electrons. The van der Waals surface area contributed by atoms with Crippen LogP contribution < -0.4 is 10.6 Å². The molecule has 1 fully saturated rings. The average Bonchev–Trinajstić information content (AvgIpc) is 3.42. The minimum atomic E-state index is -0.521. The first kappa shape index (κ1) is 27.7. The fraction of sp³-hybridized carbons (Fsp3) is 0.233. The molecule has 0 radical (unpaired) electrons. The topological polar surface area (TPSA) is 71.1 Å². The minimum absolute atomic E-state index is 0.0741. The standard InChI is InChI=1S/C30H27Cl2N3O2S2/c31-24-15-14-21(16-25(24)32)26-18-38-30(34-26)35-29(37)27(19-8-3-1-4-9-19)39-23-13-7-12-22(17-23)33-28(36)20-10-5-2-6-11-20/h1,3-4,7-9,12-18,20,27H,2,5-6,10-11H2,(H,33,36)(H,34,35,37). The summed E-state index contributed by atoms with van der Waals surface area (Å²) >= 11 is 15.0. The molecular formula is C30H27Cl2N3O2S2. The van der Waals surface area contributed by atoms with E-state index in [1.807, 2.05) is 66.0 Å². The first-order valence-corrected chi connectivity index (χ1v) is 15.3. The van der Waals surface area contributed by atoms with Gasteiger partial charge in [-0.25, -0.2) is 4.98 Å². The third-order valence-electron chi connectivity index (χ3n) is 6.62.